The van der Waals surface area contributed by atoms with E-state index < -0.39 is 5.97 Å². The number of hydrogen-bond acceptors (Lipinski definition) is 3. The normalized spacial score (nSPS) is 10.4. The molecule has 3 nitrogen and oxygen atoms in total. The SMILES string of the molecule is C=CCOc1ccc(-c2ccc(C(=O)Oc3ccc(-c4ccc(Cl)cc4)cc3)cc2)cc1. The van der Waals surface area contributed by atoms with Gasteiger partial charge in [0.05, 0.1) is 5.56 Å². The highest BCUT2D eigenvalue weighted by Crippen LogP contribution is 2.26. The van der Waals surface area contributed by atoms with Crippen molar-refractivity contribution in [3.8, 4) is 33.8 Å². The fourth-order valence-electron chi connectivity index (χ4n) is 3.22. The van der Waals surface area contributed by atoms with E-state index in [2.05, 4.69) is 6.58 Å². The summed E-state index contributed by atoms with van der Waals surface area (Å²) in [4.78, 5) is 12.5. The smallest absolute Gasteiger partial charge is 0.343 e. The van der Waals surface area contributed by atoms with E-state index in [1.807, 2.05) is 72.8 Å². The molecule has 0 aromatic heterocycles. The maximum atomic E-state index is 12.5. The molecule has 0 amide bonds. The fraction of sp³-hybridized carbons (Fsp3) is 0.0357. The van der Waals surface area contributed by atoms with E-state index in [0.29, 0.717) is 22.9 Å². The summed E-state index contributed by atoms with van der Waals surface area (Å²) in [5.74, 6) is 0.881. The lowest BCUT2D eigenvalue weighted by molar-refractivity contribution is 0.0735. The first-order valence-electron chi connectivity index (χ1n) is 10.1. The number of hydrogen-bond donors (Lipinski definition) is 0. The van der Waals surface area contributed by atoms with Crippen LogP contribution in [-0.2, 0) is 0 Å². The van der Waals surface area contributed by atoms with Crippen LogP contribution in [0.4, 0.5) is 0 Å². The summed E-state index contributed by atoms with van der Waals surface area (Å²) in [7, 11) is 0. The molecule has 0 heterocycles. The summed E-state index contributed by atoms with van der Waals surface area (Å²) in [5.41, 5.74) is 4.59. The Morgan fingerprint density at radius 3 is 1.62 bits per heavy atom. The predicted molar refractivity (Wildman–Crippen MR) is 129 cm³/mol. The van der Waals surface area contributed by atoms with Crippen LogP contribution in [0.1, 0.15) is 10.4 Å². The monoisotopic (exact) mass is 440 g/mol. The van der Waals surface area contributed by atoms with Gasteiger partial charge in [0.15, 0.2) is 0 Å². The summed E-state index contributed by atoms with van der Waals surface area (Å²) >= 11 is 5.94. The molecule has 4 aromatic carbocycles. The van der Waals surface area contributed by atoms with Gasteiger partial charge in [-0.25, -0.2) is 4.79 Å². The standard InChI is InChI=1S/C28H21ClO3/c1-2-19-31-26-15-9-22(10-16-26)20-3-5-24(6-4-20)28(30)32-27-17-11-23(12-18-27)21-7-13-25(29)14-8-21/h2-18H,1,19H2. The molecule has 4 aromatic rings. The molecular weight excluding hydrogens is 420 g/mol. The molecule has 0 saturated heterocycles. The number of rotatable bonds is 7. The van der Waals surface area contributed by atoms with Crippen molar-refractivity contribution in [2.75, 3.05) is 6.61 Å². The Bertz CT molecular complexity index is 1190. The number of halogens is 1. The number of ether oxygens (including phenoxy) is 2. The number of carbonyl (C=O) groups excluding carboxylic acids is 1. The van der Waals surface area contributed by atoms with Crippen LogP contribution in [0.5, 0.6) is 11.5 Å². The van der Waals surface area contributed by atoms with Gasteiger partial charge in [-0.1, -0.05) is 72.8 Å². The molecule has 0 aliphatic carbocycles. The van der Waals surface area contributed by atoms with E-state index in [1.165, 1.54) is 0 Å². The second-order valence-electron chi connectivity index (χ2n) is 7.12. The van der Waals surface area contributed by atoms with Crippen molar-refractivity contribution in [2.45, 2.75) is 0 Å². The Morgan fingerprint density at radius 1 is 0.688 bits per heavy atom. The van der Waals surface area contributed by atoms with Gasteiger partial charge in [0, 0.05) is 5.02 Å². The zero-order valence-corrected chi connectivity index (χ0v) is 18.1. The van der Waals surface area contributed by atoms with Crippen molar-refractivity contribution in [2.24, 2.45) is 0 Å². The minimum absolute atomic E-state index is 0.399. The Hall–Kier alpha value is -3.82. The van der Waals surface area contributed by atoms with Crippen molar-refractivity contribution in [3.63, 3.8) is 0 Å². The number of carbonyl (C=O) groups is 1. The number of esters is 1. The molecule has 0 atom stereocenters. The first-order valence-corrected chi connectivity index (χ1v) is 10.5. The van der Waals surface area contributed by atoms with Crippen molar-refractivity contribution >= 4 is 17.6 Å². The van der Waals surface area contributed by atoms with Crippen LogP contribution >= 0.6 is 11.6 Å². The minimum Gasteiger partial charge on any atom is -0.490 e. The van der Waals surface area contributed by atoms with E-state index in [4.69, 9.17) is 21.1 Å². The second-order valence-corrected chi connectivity index (χ2v) is 7.56. The van der Waals surface area contributed by atoms with Gasteiger partial charge in [-0.15, -0.1) is 0 Å². The molecule has 0 bridgehead atoms. The second kappa shape index (κ2) is 9.99. The van der Waals surface area contributed by atoms with Crippen LogP contribution in [0.2, 0.25) is 5.02 Å². The molecular formula is C28H21ClO3. The van der Waals surface area contributed by atoms with E-state index in [1.54, 1.807) is 30.3 Å². The lowest BCUT2D eigenvalue weighted by Crippen LogP contribution is -2.08. The van der Waals surface area contributed by atoms with E-state index >= 15 is 0 Å². The first kappa shape index (κ1) is 21.4. The van der Waals surface area contributed by atoms with Gasteiger partial charge in [0.2, 0.25) is 0 Å². The lowest BCUT2D eigenvalue weighted by Gasteiger charge is -2.08. The van der Waals surface area contributed by atoms with Gasteiger partial charge < -0.3 is 9.47 Å². The first-order chi connectivity index (χ1) is 15.6. The van der Waals surface area contributed by atoms with E-state index in [-0.39, 0.29) is 0 Å². The van der Waals surface area contributed by atoms with Crippen molar-refractivity contribution in [1.29, 1.82) is 0 Å². The van der Waals surface area contributed by atoms with Gasteiger partial charge >= 0.3 is 5.97 Å². The molecule has 0 saturated carbocycles. The number of benzene rings is 4. The van der Waals surface area contributed by atoms with Crippen LogP contribution in [0, 0.1) is 0 Å². The Kier molecular flexibility index (Phi) is 6.69. The predicted octanol–water partition coefficient (Wildman–Crippen LogP) is 7.46. The lowest BCUT2D eigenvalue weighted by atomic mass is 10.0. The van der Waals surface area contributed by atoms with E-state index in [9.17, 15) is 4.79 Å². The molecule has 0 fully saturated rings. The third kappa shape index (κ3) is 5.26. The van der Waals surface area contributed by atoms with Crippen molar-refractivity contribution in [1.82, 2.24) is 0 Å². The average molecular weight is 441 g/mol. The zero-order valence-electron chi connectivity index (χ0n) is 17.3. The van der Waals surface area contributed by atoms with Crippen LogP contribution in [-0.4, -0.2) is 12.6 Å². The average Bonchev–Trinajstić information content (AvgIpc) is 2.84. The van der Waals surface area contributed by atoms with E-state index in [0.717, 1.165) is 28.0 Å². The quantitative estimate of drug-likeness (QED) is 0.170. The highest BCUT2D eigenvalue weighted by atomic mass is 35.5. The molecule has 0 spiro atoms. The largest absolute Gasteiger partial charge is 0.490 e. The summed E-state index contributed by atoms with van der Waals surface area (Å²) in [6.07, 6.45) is 1.71. The highest BCUT2D eigenvalue weighted by molar-refractivity contribution is 6.30. The third-order valence-corrected chi connectivity index (χ3v) is 5.17. The van der Waals surface area contributed by atoms with Crippen LogP contribution < -0.4 is 9.47 Å². The molecule has 0 aliphatic heterocycles. The fourth-order valence-corrected chi connectivity index (χ4v) is 3.35. The minimum atomic E-state index is -0.399. The van der Waals surface area contributed by atoms with Gasteiger partial charge in [-0.3, -0.25) is 0 Å². The van der Waals surface area contributed by atoms with Gasteiger partial charge in [0.1, 0.15) is 18.1 Å². The van der Waals surface area contributed by atoms with Gasteiger partial charge in [-0.05, 0) is 70.8 Å². The third-order valence-electron chi connectivity index (χ3n) is 4.92. The summed E-state index contributed by atoms with van der Waals surface area (Å²) in [6, 6.07) is 30.1. The van der Waals surface area contributed by atoms with Crippen LogP contribution in [0.25, 0.3) is 22.3 Å². The molecule has 0 aliphatic rings. The van der Waals surface area contributed by atoms with Crippen LogP contribution in [0.15, 0.2) is 110 Å². The molecule has 0 N–H and O–H groups in total. The Morgan fingerprint density at radius 2 is 1.12 bits per heavy atom. The summed E-state index contributed by atoms with van der Waals surface area (Å²) in [5, 5.41) is 0.694. The molecule has 158 valence electrons. The molecule has 0 unspecified atom stereocenters. The maximum Gasteiger partial charge on any atom is 0.343 e. The highest BCUT2D eigenvalue weighted by Gasteiger charge is 2.10. The van der Waals surface area contributed by atoms with Gasteiger partial charge in [0.25, 0.3) is 0 Å². The Labute approximate surface area is 192 Å². The molecule has 0 radical (unpaired) electrons. The maximum absolute atomic E-state index is 12.5. The van der Waals surface area contributed by atoms with Crippen molar-refractivity contribution in [3.05, 3.63) is 120 Å². The van der Waals surface area contributed by atoms with Crippen molar-refractivity contribution < 1.29 is 14.3 Å². The van der Waals surface area contributed by atoms with Gasteiger partial charge in [-0.2, -0.15) is 0 Å². The summed E-state index contributed by atoms with van der Waals surface area (Å²) < 4.78 is 11.0. The zero-order chi connectivity index (χ0) is 22.3. The summed E-state index contributed by atoms with van der Waals surface area (Å²) in [6.45, 7) is 4.11. The molecule has 4 rings (SSSR count). The topological polar surface area (TPSA) is 35.5 Å². The molecule has 4 heteroatoms. The Balaban J connectivity index is 1.40. The molecule has 32 heavy (non-hydrogen) atoms. The van der Waals surface area contributed by atoms with Crippen LogP contribution in [0.3, 0.4) is 0 Å².